The number of benzene rings is 1. The second kappa shape index (κ2) is 7.41. The van der Waals surface area contributed by atoms with Crippen LogP contribution in [0.15, 0.2) is 30.5 Å². The highest BCUT2D eigenvalue weighted by atomic mass is 32.1. The van der Waals surface area contributed by atoms with E-state index in [4.69, 9.17) is 10.5 Å². The molecule has 22 heavy (non-hydrogen) atoms. The lowest BCUT2D eigenvalue weighted by Crippen LogP contribution is -2.27. The molecule has 2 aromatic rings. The number of nitrogens with zero attached hydrogens (tertiary/aromatic N) is 1. The maximum absolute atomic E-state index is 11.8. The fourth-order valence-corrected chi connectivity index (χ4v) is 2.35. The van der Waals surface area contributed by atoms with Gasteiger partial charge in [-0.05, 0) is 31.2 Å². The van der Waals surface area contributed by atoms with E-state index in [2.05, 4.69) is 15.6 Å². The quantitative estimate of drug-likeness (QED) is 0.752. The molecule has 0 spiro atoms. The van der Waals surface area contributed by atoms with E-state index in [-0.39, 0.29) is 12.6 Å². The van der Waals surface area contributed by atoms with Crippen LogP contribution in [0, 0.1) is 6.92 Å². The number of nitrogens with two attached hydrogens (primary N) is 1. The number of hydrogen-bond donors (Lipinski definition) is 3. The Morgan fingerprint density at radius 2 is 2.05 bits per heavy atom. The SMILES string of the molecule is Cc1ncc(CNC(=O)Nc2ccc(OCC(N)=O)cc2)s1. The monoisotopic (exact) mass is 320 g/mol. The summed E-state index contributed by atoms with van der Waals surface area (Å²) in [5.74, 6) is -0.0372. The molecule has 0 aliphatic rings. The van der Waals surface area contributed by atoms with Gasteiger partial charge in [-0.2, -0.15) is 0 Å². The Hall–Kier alpha value is -2.61. The summed E-state index contributed by atoms with van der Waals surface area (Å²) in [7, 11) is 0. The number of thiazole rings is 1. The van der Waals surface area contributed by atoms with E-state index in [1.807, 2.05) is 6.92 Å². The summed E-state index contributed by atoms with van der Waals surface area (Å²) in [6, 6.07) is 6.33. The van der Waals surface area contributed by atoms with Gasteiger partial charge in [-0.1, -0.05) is 0 Å². The maximum Gasteiger partial charge on any atom is 0.319 e. The van der Waals surface area contributed by atoms with E-state index in [1.54, 1.807) is 30.5 Å². The molecular weight excluding hydrogens is 304 g/mol. The number of urea groups is 1. The second-order valence-corrected chi connectivity index (χ2v) is 5.75. The average Bonchev–Trinajstić information content (AvgIpc) is 2.90. The summed E-state index contributed by atoms with van der Waals surface area (Å²) in [6.45, 7) is 2.16. The highest BCUT2D eigenvalue weighted by molar-refractivity contribution is 7.11. The van der Waals surface area contributed by atoms with E-state index in [0.29, 0.717) is 18.0 Å². The number of nitrogens with one attached hydrogen (secondary N) is 2. The van der Waals surface area contributed by atoms with Gasteiger partial charge < -0.3 is 21.1 Å². The van der Waals surface area contributed by atoms with Gasteiger partial charge in [-0.25, -0.2) is 9.78 Å². The molecule has 3 amide bonds. The lowest BCUT2D eigenvalue weighted by Gasteiger charge is -2.08. The molecule has 1 aromatic carbocycles. The van der Waals surface area contributed by atoms with Crippen molar-refractivity contribution < 1.29 is 14.3 Å². The van der Waals surface area contributed by atoms with Gasteiger partial charge in [0.05, 0.1) is 11.6 Å². The number of rotatable bonds is 6. The molecule has 1 aromatic heterocycles. The molecule has 2 rings (SSSR count). The number of ether oxygens (including phenoxy) is 1. The lowest BCUT2D eigenvalue weighted by molar-refractivity contribution is -0.119. The molecular formula is C14H16N4O3S. The molecule has 0 saturated carbocycles. The molecule has 4 N–H and O–H groups in total. The first-order chi connectivity index (χ1) is 10.5. The van der Waals surface area contributed by atoms with Crippen molar-refractivity contribution >= 4 is 29.0 Å². The molecule has 1 heterocycles. The minimum absolute atomic E-state index is 0.179. The molecule has 0 fully saturated rings. The Kier molecular flexibility index (Phi) is 5.31. The third kappa shape index (κ3) is 5.06. The summed E-state index contributed by atoms with van der Waals surface area (Å²) < 4.78 is 5.13. The topological polar surface area (TPSA) is 106 Å². The van der Waals surface area contributed by atoms with E-state index in [0.717, 1.165) is 9.88 Å². The maximum atomic E-state index is 11.8. The van der Waals surface area contributed by atoms with Crippen molar-refractivity contribution in [3.05, 3.63) is 40.3 Å². The predicted molar refractivity (Wildman–Crippen MR) is 83.8 cm³/mol. The summed E-state index contributed by atoms with van der Waals surface area (Å²) >= 11 is 1.54. The lowest BCUT2D eigenvalue weighted by atomic mass is 10.3. The zero-order chi connectivity index (χ0) is 15.9. The number of primary amides is 1. The summed E-state index contributed by atoms with van der Waals surface area (Å²) in [5, 5.41) is 6.40. The van der Waals surface area contributed by atoms with Crippen molar-refractivity contribution in [2.45, 2.75) is 13.5 Å². The van der Waals surface area contributed by atoms with Gasteiger partial charge in [0.1, 0.15) is 5.75 Å². The van der Waals surface area contributed by atoms with Crippen LogP contribution in [0.2, 0.25) is 0 Å². The van der Waals surface area contributed by atoms with Gasteiger partial charge in [0.25, 0.3) is 5.91 Å². The van der Waals surface area contributed by atoms with Crippen LogP contribution in [0.3, 0.4) is 0 Å². The number of aromatic nitrogens is 1. The largest absolute Gasteiger partial charge is 0.484 e. The van der Waals surface area contributed by atoms with Gasteiger partial charge in [-0.3, -0.25) is 4.79 Å². The molecule has 0 saturated heterocycles. The van der Waals surface area contributed by atoms with Gasteiger partial charge >= 0.3 is 6.03 Å². The van der Waals surface area contributed by atoms with Crippen LogP contribution in [0.1, 0.15) is 9.88 Å². The smallest absolute Gasteiger partial charge is 0.319 e. The van der Waals surface area contributed by atoms with Crippen molar-refractivity contribution in [1.82, 2.24) is 10.3 Å². The Labute approximate surface area is 131 Å². The van der Waals surface area contributed by atoms with Crippen LogP contribution in [0.25, 0.3) is 0 Å². The van der Waals surface area contributed by atoms with Crippen LogP contribution in [0.4, 0.5) is 10.5 Å². The van der Waals surface area contributed by atoms with Gasteiger partial charge in [0, 0.05) is 16.8 Å². The van der Waals surface area contributed by atoms with Gasteiger partial charge in [0.15, 0.2) is 6.61 Å². The molecule has 0 bridgehead atoms. The molecule has 116 valence electrons. The van der Waals surface area contributed by atoms with Crippen molar-refractivity contribution in [2.24, 2.45) is 5.73 Å². The molecule has 8 heteroatoms. The van der Waals surface area contributed by atoms with Crippen LogP contribution in [-0.4, -0.2) is 23.5 Å². The number of amides is 3. The van der Waals surface area contributed by atoms with Crippen LogP contribution >= 0.6 is 11.3 Å². The number of carbonyl (C=O) groups is 2. The number of aryl methyl sites for hydroxylation is 1. The minimum atomic E-state index is -0.542. The summed E-state index contributed by atoms with van der Waals surface area (Å²) in [4.78, 5) is 27.5. The Morgan fingerprint density at radius 1 is 1.32 bits per heavy atom. The van der Waals surface area contributed by atoms with Gasteiger partial charge in [-0.15, -0.1) is 11.3 Å². The highest BCUT2D eigenvalue weighted by Crippen LogP contribution is 2.15. The van der Waals surface area contributed by atoms with Crippen molar-refractivity contribution in [3.63, 3.8) is 0 Å². The summed E-state index contributed by atoms with van der Waals surface area (Å²) in [5.41, 5.74) is 5.60. The van der Waals surface area contributed by atoms with Crippen LogP contribution < -0.4 is 21.1 Å². The van der Waals surface area contributed by atoms with E-state index >= 15 is 0 Å². The average molecular weight is 320 g/mol. The molecule has 7 nitrogen and oxygen atoms in total. The van der Waals surface area contributed by atoms with Crippen molar-refractivity contribution in [1.29, 1.82) is 0 Å². The Bertz CT molecular complexity index is 654. The fourth-order valence-electron chi connectivity index (χ4n) is 1.62. The predicted octanol–water partition coefficient (Wildman–Crippen LogP) is 1.64. The Balaban J connectivity index is 1.79. The second-order valence-electron chi connectivity index (χ2n) is 4.43. The fraction of sp³-hybridized carbons (Fsp3) is 0.214. The first kappa shape index (κ1) is 15.8. The standard InChI is InChI=1S/C14H16N4O3S/c1-9-16-6-12(22-9)7-17-14(20)18-10-2-4-11(5-3-10)21-8-13(15)19/h2-6H,7-8H2,1H3,(H2,15,19)(H2,17,18,20). The first-order valence-electron chi connectivity index (χ1n) is 6.50. The minimum Gasteiger partial charge on any atom is -0.484 e. The zero-order valence-corrected chi connectivity index (χ0v) is 12.8. The third-order valence-corrected chi connectivity index (χ3v) is 3.50. The van der Waals surface area contributed by atoms with E-state index in [1.165, 1.54) is 11.3 Å². The molecule has 0 atom stereocenters. The molecule has 0 aliphatic heterocycles. The highest BCUT2D eigenvalue weighted by Gasteiger charge is 2.04. The molecule has 0 radical (unpaired) electrons. The summed E-state index contributed by atoms with van der Waals surface area (Å²) in [6.07, 6.45) is 1.74. The molecule has 0 unspecified atom stereocenters. The van der Waals surface area contributed by atoms with Gasteiger partial charge in [0.2, 0.25) is 0 Å². The van der Waals surface area contributed by atoms with Crippen LogP contribution in [-0.2, 0) is 11.3 Å². The normalized spacial score (nSPS) is 10.0. The first-order valence-corrected chi connectivity index (χ1v) is 7.32. The van der Waals surface area contributed by atoms with Crippen molar-refractivity contribution in [2.75, 3.05) is 11.9 Å². The molecule has 0 aliphatic carbocycles. The third-order valence-electron chi connectivity index (χ3n) is 2.59. The Morgan fingerprint density at radius 3 is 2.64 bits per heavy atom. The van der Waals surface area contributed by atoms with Crippen LogP contribution in [0.5, 0.6) is 5.75 Å². The van der Waals surface area contributed by atoms with Crippen molar-refractivity contribution in [3.8, 4) is 5.75 Å². The van der Waals surface area contributed by atoms with E-state index < -0.39 is 5.91 Å². The zero-order valence-electron chi connectivity index (χ0n) is 12.0. The van der Waals surface area contributed by atoms with E-state index in [9.17, 15) is 9.59 Å². The number of carbonyl (C=O) groups excluding carboxylic acids is 2. The number of hydrogen-bond acceptors (Lipinski definition) is 5. The number of anilines is 1.